The van der Waals surface area contributed by atoms with Crippen molar-refractivity contribution in [3.8, 4) is 0 Å². The Labute approximate surface area is 80.0 Å². The maximum absolute atomic E-state index is 10.1. The van der Waals surface area contributed by atoms with E-state index in [4.69, 9.17) is 21.6 Å². The molecule has 2 N–H and O–H groups in total. The average molecular weight is 202 g/mol. The van der Waals surface area contributed by atoms with Crippen LogP contribution >= 0.6 is 11.6 Å². The minimum Gasteiger partial charge on any atom is -0.429 e. The Morgan fingerprint density at radius 3 is 2.15 bits per heavy atom. The van der Waals surface area contributed by atoms with Crippen molar-refractivity contribution in [1.82, 2.24) is 0 Å². The molecule has 1 aromatic rings. The Morgan fingerprint density at radius 1 is 1.38 bits per heavy atom. The van der Waals surface area contributed by atoms with Gasteiger partial charge in [0, 0.05) is 6.07 Å². The molecule has 0 atom stereocenters. The molecule has 13 heavy (non-hydrogen) atoms. The zero-order valence-electron chi connectivity index (χ0n) is 6.42. The fourth-order valence-electron chi connectivity index (χ4n) is 0.600. The summed E-state index contributed by atoms with van der Waals surface area (Å²) in [7, 11) is 0. The largest absolute Gasteiger partial charge is 0.482 e. The highest BCUT2D eigenvalue weighted by molar-refractivity contribution is 6.32. The molecular formula is C6H6BClNO4. The first-order valence-electron chi connectivity index (χ1n) is 3.12. The average Bonchev–Trinajstić information content (AvgIpc) is 2.06. The fourth-order valence-corrected chi connectivity index (χ4v) is 0.805. The quantitative estimate of drug-likeness (QED) is 0.400. The summed E-state index contributed by atoms with van der Waals surface area (Å²) < 4.78 is 0. The predicted octanol–water partition coefficient (Wildman–Crippen LogP) is 0.753. The molecule has 1 aromatic carbocycles. The van der Waals surface area contributed by atoms with Crippen LogP contribution in [0.1, 0.15) is 0 Å². The number of halogens is 1. The summed E-state index contributed by atoms with van der Waals surface area (Å²) in [5.41, 5.74) is -0.0517. The summed E-state index contributed by atoms with van der Waals surface area (Å²) in [5, 5.41) is 24.3. The summed E-state index contributed by atoms with van der Waals surface area (Å²) in [4.78, 5) is 9.63. The van der Waals surface area contributed by atoms with E-state index in [9.17, 15) is 10.1 Å². The van der Waals surface area contributed by atoms with Crippen LogP contribution in [0.5, 0.6) is 0 Å². The van der Waals surface area contributed by atoms with Crippen molar-refractivity contribution in [3.05, 3.63) is 39.4 Å². The monoisotopic (exact) mass is 202 g/mol. The van der Waals surface area contributed by atoms with Gasteiger partial charge in [0.05, 0.1) is 4.92 Å². The van der Waals surface area contributed by atoms with Crippen molar-refractivity contribution in [2.24, 2.45) is 0 Å². The van der Waals surface area contributed by atoms with Crippen LogP contribution in [0, 0.1) is 10.1 Å². The van der Waals surface area contributed by atoms with Crippen LogP contribution in [0.3, 0.4) is 0 Å². The van der Waals surface area contributed by atoms with Crippen LogP contribution in [-0.4, -0.2) is 22.7 Å². The van der Waals surface area contributed by atoms with Crippen molar-refractivity contribution in [1.29, 1.82) is 0 Å². The first-order valence-corrected chi connectivity index (χ1v) is 3.50. The molecule has 0 aromatic heterocycles. The molecule has 1 rings (SSSR count). The molecule has 7 heteroatoms. The number of benzene rings is 1. The molecule has 0 spiro atoms. The van der Waals surface area contributed by atoms with Gasteiger partial charge in [-0.1, -0.05) is 23.7 Å². The van der Waals surface area contributed by atoms with E-state index in [0.717, 1.165) is 0 Å². The van der Waals surface area contributed by atoms with E-state index in [-0.39, 0.29) is 18.4 Å². The molecule has 0 saturated carbocycles. The van der Waals surface area contributed by atoms with E-state index >= 15 is 0 Å². The molecule has 0 fully saturated rings. The highest BCUT2D eigenvalue weighted by Gasteiger charge is 2.08. The normalized spacial score (nSPS) is 8.23. The Hall–Kier alpha value is -1.11. The first kappa shape index (κ1) is 11.9. The number of hydrogen-bond donors (Lipinski definition) is 2. The number of rotatable bonds is 1. The first-order chi connectivity index (χ1) is 6.13. The lowest BCUT2D eigenvalue weighted by Crippen LogP contribution is -1.87. The number of para-hydroxylation sites is 1. The van der Waals surface area contributed by atoms with Gasteiger partial charge in [0.25, 0.3) is 5.69 Å². The third kappa shape index (κ3) is 4.46. The molecule has 1 radical (unpaired) electrons. The van der Waals surface area contributed by atoms with E-state index in [0.29, 0.717) is 0 Å². The maximum Gasteiger partial charge on any atom is 0.482 e. The molecule has 0 aliphatic heterocycles. The van der Waals surface area contributed by atoms with Crippen molar-refractivity contribution in [2.75, 3.05) is 0 Å². The molecule has 0 saturated heterocycles. The van der Waals surface area contributed by atoms with Gasteiger partial charge in [-0.05, 0) is 6.07 Å². The summed E-state index contributed by atoms with van der Waals surface area (Å²) in [6.45, 7) is 0. The van der Waals surface area contributed by atoms with E-state index < -0.39 is 4.92 Å². The van der Waals surface area contributed by atoms with Gasteiger partial charge in [-0.15, -0.1) is 0 Å². The molecule has 0 bridgehead atoms. The zero-order valence-corrected chi connectivity index (χ0v) is 7.18. The Kier molecular flexibility index (Phi) is 5.87. The van der Waals surface area contributed by atoms with Crippen molar-refractivity contribution >= 4 is 25.0 Å². The molecular weight excluding hydrogens is 196 g/mol. The third-order valence-electron chi connectivity index (χ3n) is 1.05. The van der Waals surface area contributed by atoms with Gasteiger partial charge in [-0.2, -0.15) is 0 Å². The number of nitro groups is 1. The smallest absolute Gasteiger partial charge is 0.429 e. The molecule has 0 aliphatic rings. The molecule has 69 valence electrons. The lowest BCUT2D eigenvalue weighted by Gasteiger charge is -1.90. The Balaban J connectivity index is 0.000000424. The second kappa shape index (κ2) is 6.42. The minimum atomic E-state index is -0.512. The molecule has 5 nitrogen and oxygen atoms in total. The molecule has 0 heterocycles. The van der Waals surface area contributed by atoms with Crippen LogP contribution in [0.15, 0.2) is 24.3 Å². The lowest BCUT2D eigenvalue weighted by molar-refractivity contribution is -0.384. The van der Waals surface area contributed by atoms with Gasteiger partial charge in [-0.3, -0.25) is 10.1 Å². The summed E-state index contributed by atoms with van der Waals surface area (Å²) in [6.07, 6.45) is 0. The van der Waals surface area contributed by atoms with E-state index in [1.165, 1.54) is 12.1 Å². The van der Waals surface area contributed by atoms with Gasteiger partial charge in [0.1, 0.15) is 5.02 Å². The predicted molar refractivity (Wildman–Crippen MR) is 48.3 cm³/mol. The van der Waals surface area contributed by atoms with Crippen LogP contribution in [0.4, 0.5) is 5.69 Å². The van der Waals surface area contributed by atoms with Crippen LogP contribution < -0.4 is 0 Å². The molecule has 0 unspecified atom stereocenters. The lowest BCUT2D eigenvalue weighted by atomic mass is 10.3. The summed E-state index contributed by atoms with van der Waals surface area (Å²) >= 11 is 5.48. The van der Waals surface area contributed by atoms with Gasteiger partial charge in [-0.25, -0.2) is 0 Å². The molecule has 0 aliphatic carbocycles. The maximum atomic E-state index is 10.1. The number of hydrogen-bond acceptors (Lipinski definition) is 4. The van der Waals surface area contributed by atoms with E-state index in [1.807, 2.05) is 0 Å². The van der Waals surface area contributed by atoms with Crippen molar-refractivity contribution in [3.63, 3.8) is 0 Å². The standard InChI is InChI=1S/C6H4ClNO2.BH2O2/c7-5-3-1-2-4-6(5)8(9)10;2-1-3/h1-4H;2-3H. The van der Waals surface area contributed by atoms with E-state index in [2.05, 4.69) is 0 Å². The van der Waals surface area contributed by atoms with Gasteiger partial charge in [0.15, 0.2) is 0 Å². The number of nitro benzene ring substituents is 1. The van der Waals surface area contributed by atoms with Crippen LogP contribution in [0.25, 0.3) is 0 Å². The van der Waals surface area contributed by atoms with E-state index in [1.54, 1.807) is 12.1 Å². The topological polar surface area (TPSA) is 83.6 Å². The summed E-state index contributed by atoms with van der Waals surface area (Å²) in [5.74, 6) is 0. The Bertz CT molecular complexity index is 283. The Morgan fingerprint density at radius 2 is 1.85 bits per heavy atom. The highest BCUT2D eigenvalue weighted by atomic mass is 35.5. The van der Waals surface area contributed by atoms with Crippen LogP contribution in [-0.2, 0) is 0 Å². The second-order valence-corrected chi connectivity index (χ2v) is 2.23. The summed E-state index contributed by atoms with van der Waals surface area (Å²) in [6, 6.07) is 6.07. The van der Waals surface area contributed by atoms with Gasteiger partial charge in [0.2, 0.25) is 0 Å². The van der Waals surface area contributed by atoms with Gasteiger partial charge >= 0.3 is 7.69 Å². The van der Waals surface area contributed by atoms with Crippen molar-refractivity contribution < 1.29 is 15.0 Å². The van der Waals surface area contributed by atoms with Gasteiger partial charge < -0.3 is 10.0 Å². The fraction of sp³-hybridized carbons (Fsp3) is 0. The highest BCUT2D eigenvalue weighted by Crippen LogP contribution is 2.21. The SMILES string of the molecule is O=[N+]([O-])c1ccccc1Cl.O[B]O. The van der Waals surface area contributed by atoms with Crippen molar-refractivity contribution in [2.45, 2.75) is 0 Å². The zero-order chi connectivity index (χ0) is 10.3. The molecule has 0 amide bonds. The third-order valence-corrected chi connectivity index (χ3v) is 1.37. The minimum absolute atomic E-state index is 0. The number of nitrogens with zero attached hydrogens (tertiary/aromatic N) is 1. The second-order valence-electron chi connectivity index (χ2n) is 1.82. The van der Waals surface area contributed by atoms with Crippen LogP contribution in [0.2, 0.25) is 5.02 Å².